The van der Waals surface area contributed by atoms with Crippen molar-refractivity contribution in [2.24, 2.45) is 0 Å². The summed E-state index contributed by atoms with van der Waals surface area (Å²) in [6, 6.07) is 9.24. The van der Waals surface area contributed by atoms with Gasteiger partial charge in [-0.15, -0.1) is 0 Å². The van der Waals surface area contributed by atoms with E-state index in [0.29, 0.717) is 0 Å². The second-order valence-corrected chi connectivity index (χ2v) is 5.23. The number of carbonyl (C=O) groups is 2. The van der Waals surface area contributed by atoms with Gasteiger partial charge in [0, 0.05) is 16.8 Å². The first-order valence-corrected chi connectivity index (χ1v) is 6.91. The number of alkyl halides is 2. The van der Waals surface area contributed by atoms with E-state index < -0.39 is 18.8 Å². The van der Waals surface area contributed by atoms with Gasteiger partial charge in [0.05, 0.1) is 22.7 Å². The molecule has 0 saturated heterocycles. The maximum absolute atomic E-state index is 12.6. The van der Waals surface area contributed by atoms with Crippen LogP contribution in [-0.4, -0.2) is 24.5 Å². The third-order valence-electron chi connectivity index (χ3n) is 3.47. The van der Waals surface area contributed by atoms with E-state index in [-0.39, 0.29) is 38.7 Å². The maximum Gasteiger partial charge on any atom is 0.255 e. The Labute approximate surface area is 129 Å². The normalized spacial score (nSPS) is 13.1. The van der Waals surface area contributed by atoms with Crippen molar-refractivity contribution in [2.45, 2.75) is 6.43 Å². The second-order valence-electron chi connectivity index (χ2n) is 4.82. The number of benzene rings is 2. The van der Waals surface area contributed by atoms with Crippen LogP contribution in [0.3, 0.4) is 0 Å². The third kappa shape index (κ3) is 2.27. The summed E-state index contributed by atoms with van der Waals surface area (Å²) in [5.41, 5.74) is 0.823. The van der Waals surface area contributed by atoms with E-state index in [1.165, 1.54) is 18.2 Å². The number of rotatable bonds is 3. The SMILES string of the molecule is O=C1c2ccccc2C(=O)c2c(NCC(F)F)ccc(Cl)c21. The van der Waals surface area contributed by atoms with Crippen LogP contribution in [0, 0.1) is 0 Å². The second kappa shape index (κ2) is 5.50. The summed E-state index contributed by atoms with van der Waals surface area (Å²) in [7, 11) is 0. The molecule has 0 unspecified atom stereocenters. The number of fused-ring (bicyclic) bond motifs is 2. The molecule has 0 amide bonds. The van der Waals surface area contributed by atoms with Crippen molar-refractivity contribution in [3.05, 3.63) is 63.7 Å². The lowest BCUT2D eigenvalue weighted by atomic mass is 9.83. The minimum atomic E-state index is -2.58. The lowest BCUT2D eigenvalue weighted by molar-refractivity contribution is 0.0979. The van der Waals surface area contributed by atoms with Crippen molar-refractivity contribution in [3.63, 3.8) is 0 Å². The fourth-order valence-electron chi connectivity index (χ4n) is 2.52. The predicted octanol–water partition coefficient (Wildman–Crippen LogP) is 3.79. The molecule has 0 spiro atoms. The van der Waals surface area contributed by atoms with Crippen LogP contribution in [0.4, 0.5) is 14.5 Å². The number of hydrogen-bond acceptors (Lipinski definition) is 3. The standard InChI is InChI=1S/C16H10ClF2NO2/c17-10-5-6-11(20-7-12(18)19)14-13(10)15(21)8-3-1-2-4-9(8)16(14)22/h1-6,12,20H,7H2. The van der Waals surface area contributed by atoms with Gasteiger partial charge in [-0.05, 0) is 12.1 Å². The Bertz CT molecular complexity index is 790. The number of halogens is 3. The average molecular weight is 322 g/mol. The van der Waals surface area contributed by atoms with Crippen molar-refractivity contribution in [2.75, 3.05) is 11.9 Å². The number of ketones is 2. The summed E-state index contributed by atoms with van der Waals surface area (Å²) in [5.74, 6) is -0.777. The van der Waals surface area contributed by atoms with Crippen LogP contribution >= 0.6 is 11.6 Å². The summed E-state index contributed by atoms with van der Waals surface area (Å²) in [6.07, 6.45) is -2.58. The van der Waals surface area contributed by atoms with Crippen LogP contribution in [0.1, 0.15) is 31.8 Å². The van der Waals surface area contributed by atoms with Gasteiger partial charge in [0.2, 0.25) is 0 Å². The lowest BCUT2D eigenvalue weighted by Gasteiger charge is -2.21. The molecule has 0 saturated carbocycles. The zero-order valence-electron chi connectivity index (χ0n) is 11.2. The van der Waals surface area contributed by atoms with E-state index in [4.69, 9.17) is 11.6 Å². The highest BCUT2D eigenvalue weighted by molar-refractivity contribution is 6.39. The van der Waals surface area contributed by atoms with Gasteiger partial charge in [0.1, 0.15) is 0 Å². The molecule has 1 aliphatic rings. The van der Waals surface area contributed by atoms with Crippen molar-refractivity contribution in [1.82, 2.24) is 0 Å². The van der Waals surface area contributed by atoms with Gasteiger partial charge in [0.15, 0.2) is 11.6 Å². The van der Waals surface area contributed by atoms with E-state index in [2.05, 4.69) is 5.32 Å². The summed E-state index contributed by atoms with van der Waals surface area (Å²) in [5, 5.41) is 2.63. The van der Waals surface area contributed by atoms with Gasteiger partial charge in [-0.25, -0.2) is 8.78 Å². The topological polar surface area (TPSA) is 46.2 Å². The molecule has 6 heteroatoms. The molecule has 0 aliphatic heterocycles. The molecule has 3 nitrogen and oxygen atoms in total. The molecule has 2 aromatic rings. The molecule has 2 aromatic carbocycles. The van der Waals surface area contributed by atoms with E-state index in [0.717, 1.165) is 0 Å². The quantitative estimate of drug-likeness (QED) is 0.798. The van der Waals surface area contributed by atoms with Crippen LogP contribution < -0.4 is 5.32 Å². The highest BCUT2D eigenvalue weighted by Gasteiger charge is 2.33. The average Bonchev–Trinajstić information content (AvgIpc) is 2.51. The molecule has 1 aliphatic carbocycles. The number of nitrogens with one attached hydrogen (secondary N) is 1. The van der Waals surface area contributed by atoms with E-state index in [1.54, 1.807) is 18.2 Å². The summed E-state index contributed by atoms with van der Waals surface area (Å²) >= 11 is 6.05. The van der Waals surface area contributed by atoms with Gasteiger partial charge in [0.25, 0.3) is 6.43 Å². The summed E-state index contributed by atoms with van der Waals surface area (Å²) in [4.78, 5) is 25.2. The maximum atomic E-state index is 12.6. The zero-order chi connectivity index (χ0) is 15.9. The Kier molecular flexibility index (Phi) is 3.66. The largest absolute Gasteiger partial charge is 0.379 e. The fraction of sp³-hybridized carbons (Fsp3) is 0.125. The summed E-state index contributed by atoms with van der Waals surface area (Å²) in [6.45, 7) is -0.614. The first-order chi connectivity index (χ1) is 10.5. The number of anilines is 1. The molecule has 0 radical (unpaired) electrons. The fourth-order valence-corrected chi connectivity index (χ4v) is 2.76. The van der Waals surface area contributed by atoms with Gasteiger partial charge >= 0.3 is 0 Å². The van der Waals surface area contributed by atoms with Gasteiger partial charge in [-0.2, -0.15) is 0 Å². The third-order valence-corrected chi connectivity index (χ3v) is 3.79. The Morgan fingerprint density at radius 2 is 1.55 bits per heavy atom. The molecule has 1 N–H and O–H groups in total. The van der Waals surface area contributed by atoms with Crippen LogP contribution in [0.15, 0.2) is 36.4 Å². The first kappa shape index (κ1) is 14.7. The van der Waals surface area contributed by atoms with Crippen LogP contribution in [0.25, 0.3) is 0 Å². The Hall–Kier alpha value is -2.27. The molecular formula is C16H10ClF2NO2. The van der Waals surface area contributed by atoms with Gasteiger partial charge in [-0.3, -0.25) is 9.59 Å². The lowest BCUT2D eigenvalue weighted by Crippen LogP contribution is -2.24. The minimum Gasteiger partial charge on any atom is -0.379 e. The summed E-state index contributed by atoms with van der Waals surface area (Å²) < 4.78 is 24.8. The van der Waals surface area contributed by atoms with E-state index >= 15 is 0 Å². The van der Waals surface area contributed by atoms with Crippen molar-refractivity contribution in [1.29, 1.82) is 0 Å². The van der Waals surface area contributed by atoms with E-state index in [9.17, 15) is 18.4 Å². The number of hydrogen-bond donors (Lipinski definition) is 1. The Morgan fingerprint density at radius 3 is 2.14 bits per heavy atom. The molecule has 22 heavy (non-hydrogen) atoms. The van der Waals surface area contributed by atoms with Crippen LogP contribution in [0.5, 0.6) is 0 Å². The molecule has 0 bridgehead atoms. The highest BCUT2D eigenvalue weighted by Crippen LogP contribution is 2.36. The van der Waals surface area contributed by atoms with Crippen molar-refractivity contribution >= 4 is 28.9 Å². The zero-order valence-corrected chi connectivity index (χ0v) is 12.0. The van der Waals surface area contributed by atoms with Gasteiger partial charge < -0.3 is 5.32 Å². The van der Waals surface area contributed by atoms with Crippen molar-refractivity contribution < 1.29 is 18.4 Å². The molecule has 0 aromatic heterocycles. The molecule has 112 valence electrons. The van der Waals surface area contributed by atoms with E-state index in [1.807, 2.05) is 0 Å². The molecule has 0 heterocycles. The molecular weight excluding hydrogens is 312 g/mol. The molecule has 0 atom stereocenters. The Balaban J connectivity index is 2.18. The van der Waals surface area contributed by atoms with Crippen LogP contribution in [0.2, 0.25) is 5.02 Å². The van der Waals surface area contributed by atoms with Gasteiger partial charge in [-0.1, -0.05) is 35.9 Å². The first-order valence-electron chi connectivity index (χ1n) is 6.53. The van der Waals surface area contributed by atoms with Crippen molar-refractivity contribution in [3.8, 4) is 0 Å². The number of carbonyl (C=O) groups excluding carboxylic acids is 2. The monoisotopic (exact) mass is 321 g/mol. The Morgan fingerprint density at radius 1 is 0.955 bits per heavy atom. The molecule has 3 rings (SSSR count). The smallest absolute Gasteiger partial charge is 0.255 e. The van der Waals surface area contributed by atoms with Crippen LogP contribution in [-0.2, 0) is 0 Å². The highest BCUT2D eigenvalue weighted by atomic mass is 35.5. The predicted molar refractivity (Wildman–Crippen MR) is 79.3 cm³/mol. The minimum absolute atomic E-state index is 0.0526. The molecule has 0 fully saturated rings.